The Morgan fingerprint density at radius 2 is 2.05 bits per heavy atom. The van der Waals surface area contributed by atoms with E-state index in [1.165, 1.54) is 0 Å². The molecule has 0 aliphatic carbocycles. The van der Waals surface area contributed by atoms with Crippen LogP contribution in [0.4, 0.5) is 5.82 Å². The van der Waals surface area contributed by atoms with Crippen molar-refractivity contribution < 1.29 is 4.79 Å². The Morgan fingerprint density at radius 3 is 2.65 bits per heavy atom. The minimum absolute atomic E-state index is 0.0585. The van der Waals surface area contributed by atoms with E-state index < -0.39 is 0 Å². The van der Waals surface area contributed by atoms with Gasteiger partial charge in [0, 0.05) is 37.4 Å². The maximum Gasteiger partial charge on any atom is 0.254 e. The zero-order valence-corrected chi connectivity index (χ0v) is 12.2. The summed E-state index contributed by atoms with van der Waals surface area (Å²) in [5, 5.41) is 0. The molecule has 1 aromatic heterocycles. The first-order valence-corrected chi connectivity index (χ1v) is 7.11. The molecule has 0 radical (unpaired) electrons. The third kappa shape index (κ3) is 3.46. The maximum atomic E-state index is 12.5. The number of aromatic nitrogens is 1. The molecule has 20 heavy (non-hydrogen) atoms. The number of hydrogen-bond donors (Lipinski definition) is 2. The molecule has 2 rings (SSSR count). The first-order valence-electron chi connectivity index (χ1n) is 7.11. The number of nitrogens with zero attached hydrogens (tertiary/aromatic N) is 3. The van der Waals surface area contributed by atoms with Gasteiger partial charge in [0.15, 0.2) is 0 Å². The molecule has 0 aromatic carbocycles. The molecule has 0 spiro atoms. The average Bonchev–Trinajstić information content (AvgIpc) is 2.47. The first kappa shape index (κ1) is 14.7. The number of nitrogen functional groups attached to an aromatic ring is 1. The molecule has 1 aliphatic heterocycles. The van der Waals surface area contributed by atoms with Crippen LogP contribution >= 0.6 is 0 Å². The van der Waals surface area contributed by atoms with Crippen molar-refractivity contribution in [1.82, 2.24) is 14.8 Å². The van der Waals surface area contributed by atoms with Crippen molar-refractivity contribution in [3.63, 3.8) is 0 Å². The molecule has 1 saturated heterocycles. The van der Waals surface area contributed by atoms with E-state index in [1.807, 2.05) is 17.9 Å². The van der Waals surface area contributed by atoms with Crippen molar-refractivity contribution in [2.45, 2.75) is 20.3 Å². The zero-order chi connectivity index (χ0) is 14.5. The maximum absolute atomic E-state index is 12.5. The number of hydrazine groups is 1. The van der Waals surface area contributed by atoms with Crippen LogP contribution in [-0.4, -0.2) is 53.4 Å². The lowest BCUT2D eigenvalue weighted by molar-refractivity contribution is 0.0637. The second-order valence-electron chi connectivity index (χ2n) is 5.16. The van der Waals surface area contributed by atoms with Crippen molar-refractivity contribution in [2.75, 3.05) is 38.1 Å². The van der Waals surface area contributed by atoms with Gasteiger partial charge in [-0.25, -0.2) is 10.8 Å². The number of anilines is 1. The molecule has 1 aromatic rings. The molecular formula is C14H23N5O. The fraction of sp³-hybridized carbons (Fsp3) is 0.571. The number of carbonyl (C=O) groups is 1. The molecule has 1 aliphatic rings. The normalized spacial score (nSPS) is 16.2. The first-order chi connectivity index (χ1) is 9.63. The largest absolute Gasteiger partial charge is 0.336 e. The molecule has 0 saturated carbocycles. The number of pyridine rings is 1. The van der Waals surface area contributed by atoms with Crippen LogP contribution in [0.3, 0.4) is 0 Å². The summed E-state index contributed by atoms with van der Waals surface area (Å²) in [6.45, 7) is 8.61. The van der Waals surface area contributed by atoms with Gasteiger partial charge in [-0.1, -0.05) is 6.92 Å². The van der Waals surface area contributed by atoms with E-state index in [0.717, 1.165) is 44.8 Å². The second-order valence-corrected chi connectivity index (χ2v) is 5.16. The minimum atomic E-state index is 0.0585. The molecule has 1 amide bonds. The van der Waals surface area contributed by atoms with Gasteiger partial charge in [0.1, 0.15) is 5.82 Å². The van der Waals surface area contributed by atoms with Crippen LogP contribution < -0.4 is 11.3 Å². The SMILES string of the molecule is CCCN1CCN(C(=O)c2cc(C)nc(NN)c2)CC1. The van der Waals surface area contributed by atoms with E-state index in [4.69, 9.17) is 5.84 Å². The molecule has 6 heteroatoms. The monoisotopic (exact) mass is 277 g/mol. The molecule has 3 N–H and O–H groups in total. The van der Waals surface area contributed by atoms with E-state index in [9.17, 15) is 4.79 Å². The summed E-state index contributed by atoms with van der Waals surface area (Å²) < 4.78 is 0. The van der Waals surface area contributed by atoms with Crippen molar-refractivity contribution in [1.29, 1.82) is 0 Å². The van der Waals surface area contributed by atoms with Gasteiger partial charge in [0.25, 0.3) is 5.91 Å². The lowest BCUT2D eigenvalue weighted by Crippen LogP contribution is -2.48. The Hall–Kier alpha value is -1.66. The number of aryl methyl sites for hydroxylation is 1. The average molecular weight is 277 g/mol. The Labute approximate surface area is 119 Å². The minimum Gasteiger partial charge on any atom is -0.336 e. The van der Waals surface area contributed by atoms with Gasteiger partial charge in [-0.05, 0) is 32.0 Å². The third-order valence-corrected chi connectivity index (χ3v) is 3.55. The number of carbonyl (C=O) groups excluding carboxylic acids is 1. The molecule has 0 bridgehead atoms. The van der Waals surface area contributed by atoms with Gasteiger partial charge in [-0.15, -0.1) is 0 Å². The number of piperazine rings is 1. The summed E-state index contributed by atoms with van der Waals surface area (Å²) in [6.07, 6.45) is 1.16. The highest BCUT2D eigenvalue weighted by molar-refractivity contribution is 5.95. The summed E-state index contributed by atoms with van der Waals surface area (Å²) in [5.74, 6) is 5.96. The van der Waals surface area contributed by atoms with Crippen LogP contribution in [-0.2, 0) is 0 Å². The lowest BCUT2D eigenvalue weighted by atomic mass is 10.1. The second kappa shape index (κ2) is 6.67. The highest BCUT2D eigenvalue weighted by Crippen LogP contribution is 2.13. The van der Waals surface area contributed by atoms with Crippen molar-refractivity contribution in [3.8, 4) is 0 Å². The summed E-state index contributed by atoms with van der Waals surface area (Å²) >= 11 is 0. The number of nitrogens with one attached hydrogen (secondary N) is 1. The quantitative estimate of drug-likeness (QED) is 0.630. The highest BCUT2D eigenvalue weighted by Gasteiger charge is 2.22. The summed E-state index contributed by atoms with van der Waals surface area (Å²) in [7, 11) is 0. The Balaban J connectivity index is 2.03. The number of nitrogens with two attached hydrogens (primary N) is 1. The van der Waals surface area contributed by atoms with E-state index in [1.54, 1.807) is 6.07 Å². The molecule has 6 nitrogen and oxygen atoms in total. The highest BCUT2D eigenvalue weighted by atomic mass is 16.2. The van der Waals surface area contributed by atoms with Crippen molar-refractivity contribution >= 4 is 11.7 Å². The molecule has 0 atom stereocenters. The molecular weight excluding hydrogens is 254 g/mol. The van der Waals surface area contributed by atoms with E-state index in [2.05, 4.69) is 22.2 Å². The van der Waals surface area contributed by atoms with E-state index in [-0.39, 0.29) is 5.91 Å². The van der Waals surface area contributed by atoms with Crippen LogP contribution in [0.2, 0.25) is 0 Å². The predicted octanol–water partition coefficient (Wildman–Crippen LogP) is 0.843. The molecule has 0 unspecified atom stereocenters. The molecule has 1 fully saturated rings. The number of rotatable bonds is 4. The number of hydrogen-bond acceptors (Lipinski definition) is 5. The topological polar surface area (TPSA) is 74.5 Å². The van der Waals surface area contributed by atoms with Crippen LogP contribution in [0.25, 0.3) is 0 Å². The van der Waals surface area contributed by atoms with Crippen LogP contribution in [0.15, 0.2) is 12.1 Å². The summed E-state index contributed by atoms with van der Waals surface area (Å²) in [5.41, 5.74) is 3.93. The zero-order valence-electron chi connectivity index (χ0n) is 12.2. The third-order valence-electron chi connectivity index (χ3n) is 3.55. The standard InChI is InChI=1S/C14H23N5O/c1-3-4-18-5-7-19(8-6-18)14(20)12-9-11(2)16-13(10-12)17-15/h9-10H,3-8,15H2,1-2H3,(H,16,17). The van der Waals surface area contributed by atoms with Crippen LogP contribution in [0.5, 0.6) is 0 Å². The smallest absolute Gasteiger partial charge is 0.254 e. The lowest BCUT2D eigenvalue weighted by Gasteiger charge is -2.34. The Bertz CT molecular complexity index is 469. The van der Waals surface area contributed by atoms with Crippen LogP contribution in [0.1, 0.15) is 29.4 Å². The van der Waals surface area contributed by atoms with Gasteiger partial charge < -0.3 is 10.3 Å². The van der Waals surface area contributed by atoms with Crippen molar-refractivity contribution in [3.05, 3.63) is 23.4 Å². The molecule has 2 heterocycles. The van der Waals surface area contributed by atoms with Gasteiger partial charge in [-0.2, -0.15) is 0 Å². The summed E-state index contributed by atoms with van der Waals surface area (Å²) in [4.78, 5) is 21.0. The van der Waals surface area contributed by atoms with E-state index >= 15 is 0 Å². The Morgan fingerprint density at radius 1 is 1.35 bits per heavy atom. The summed E-state index contributed by atoms with van der Waals surface area (Å²) in [6, 6.07) is 3.51. The molecule has 110 valence electrons. The fourth-order valence-electron chi connectivity index (χ4n) is 2.54. The van der Waals surface area contributed by atoms with Gasteiger partial charge in [0.05, 0.1) is 0 Å². The van der Waals surface area contributed by atoms with Gasteiger partial charge >= 0.3 is 0 Å². The van der Waals surface area contributed by atoms with E-state index in [0.29, 0.717) is 11.4 Å². The Kier molecular flexibility index (Phi) is 4.92. The van der Waals surface area contributed by atoms with Crippen LogP contribution in [0, 0.1) is 6.92 Å². The van der Waals surface area contributed by atoms with Gasteiger partial charge in [0.2, 0.25) is 0 Å². The van der Waals surface area contributed by atoms with Gasteiger partial charge in [-0.3, -0.25) is 9.69 Å². The fourth-order valence-corrected chi connectivity index (χ4v) is 2.54. The van der Waals surface area contributed by atoms with Crippen molar-refractivity contribution in [2.24, 2.45) is 5.84 Å². The predicted molar refractivity (Wildman–Crippen MR) is 79.4 cm³/mol. The number of amides is 1.